The maximum Gasteiger partial charge on any atom is 0.316 e. The number of rotatable bonds is 25. The summed E-state index contributed by atoms with van der Waals surface area (Å²) in [5.74, 6) is 0.440. The van der Waals surface area contributed by atoms with E-state index in [1.807, 2.05) is 0 Å². The molecule has 0 bridgehead atoms. The minimum absolute atomic E-state index is 0. The Kier molecular flexibility index (Phi) is 25.9. The number of carbonyl (C=O) groups excluding carboxylic acids is 2. The summed E-state index contributed by atoms with van der Waals surface area (Å²) in [6.45, 7) is 6.68. The van der Waals surface area contributed by atoms with Gasteiger partial charge in [-0.1, -0.05) is 89.7 Å². The van der Waals surface area contributed by atoms with Gasteiger partial charge < -0.3 is 45.9 Å². The van der Waals surface area contributed by atoms with Crippen LogP contribution < -0.4 is 16.8 Å². The molecule has 5 aliphatic heterocycles. The second kappa shape index (κ2) is 28.4. The molecule has 12 nitrogen and oxygen atoms in total. The minimum Gasteiger partial charge on any atom is -0.465 e. The van der Waals surface area contributed by atoms with Crippen molar-refractivity contribution < 1.29 is 28.9 Å². The van der Waals surface area contributed by atoms with Gasteiger partial charge in [-0.3, -0.25) is 9.59 Å². The molecule has 5 aliphatic rings. The molecular weight excluding hydrogens is 827 g/mol. The molecule has 0 saturated carbocycles. The third kappa shape index (κ3) is 15.7. The lowest BCUT2D eigenvalue weighted by atomic mass is 9.80. The molecule has 8 atom stereocenters. The largest absolute Gasteiger partial charge is 0.465 e. The van der Waals surface area contributed by atoms with Crippen LogP contribution in [0, 0.1) is 5.92 Å². The van der Waals surface area contributed by atoms with Crippen LogP contribution in [0.5, 0.6) is 0 Å². The summed E-state index contributed by atoms with van der Waals surface area (Å²) in [5.41, 5.74) is 9.88. The van der Waals surface area contributed by atoms with Gasteiger partial charge in [-0.15, -0.1) is 37.2 Å². The Morgan fingerprint density at radius 1 is 0.933 bits per heavy atom. The zero-order chi connectivity index (χ0) is 40.5. The number of amides is 1. The molecule has 5 heterocycles. The number of unbranched alkanes of at least 4 members (excludes halogenated alkanes) is 12. The molecule has 0 aliphatic carbocycles. The average Bonchev–Trinajstić information content (AvgIpc) is 3.49. The van der Waals surface area contributed by atoms with E-state index in [2.05, 4.69) is 36.2 Å². The number of esters is 1. The summed E-state index contributed by atoms with van der Waals surface area (Å²) in [5, 5.41) is 13.9. The molecule has 2 spiro atoms. The monoisotopic (exact) mass is 909 g/mol. The van der Waals surface area contributed by atoms with Crippen LogP contribution in [0.15, 0.2) is 17.1 Å². The molecule has 6 N–H and O–H groups in total. The highest BCUT2D eigenvalue weighted by Crippen LogP contribution is 2.50. The number of ether oxygens (including phenoxy) is 3. The Bertz CT molecular complexity index is 1300. The topological polar surface area (TPSA) is 165 Å². The van der Waals surface area contributed by atoms with Crippen molar-refractivity contribution in [1.82, 2.24) is 15.1 Å². The van der Waals surface area contributed by atoms with Gasteiger partial charge in [0.25, 0.3) is 0 Å². The maximum absolute atomic E-state index is 14.0. The summed E-state index contributed by atoms with van der Waals surface area (Å²) in [4.78, 5) is 36.3. The molecule has 0 aromatic rings. The Labute approximate surface area is 381 Å². The number of hydrogen-bond acceptors (Lipinski definition) is 11. The Hall–Kier alpha value is -1.38. The number of halogens is 3. The number of nitrogens with two attached hydrogens (primary N) is 2. The van der Waals surface area contributed by atoms with Gasteiger partial charge in [0, 0.05) is 32.0 Å². The fourth-order valence-electron chi connectivity index (χ4n) is 10.2. The van der Waals surface area contributed by atoms with Crippen LogP contribution >= 0.6 is 37.2 Å². The molecule has 1 amide bonds. The number of hydrogen-bond donors (Lipinski definition) is 4. The number of nitrogens with one attached hydrogen (secondary N) is 1. The zero-order valence-corrected chi connectivity index (χ0v) is 39.5. The van der Waals surface area contributed by atoms with Gasteiger partial charge in [-0.25, -0.2) is 4.99 Å². The van der Waals surface area contributed by atoms with Crippen molar-refractivity contribution in [2.24, 2.45) is 22.4 Å². The van der Waals surface area contributed by atoms with Crippen molar-refractivity contribution in [1.29, 1.82) is 0 Å². The number of aliphatic hydroxyl groups is 1. The molecule has 350 valence electrons. The summed E-state index contributed by atoms with van der Waals surface area (Å²) < 4.78 is 19.6. The number of nitrogens with zero attached hydrogens (tertiary/aromatic N) is 3. The first kappa shape index (κ1) is 54.8. The van der Waals surface area contributed by atoms with E-state index in [1.165, 1.54) is 57.8 Å². The van der Waals surface area contributed by atoms with Crippen LogP contribution in [0.3, 0.4) is 0 Å². The average molecular weight is 911 g/mol. The first-order valence-electron chi connectivity index (χ1n) is 23.4. The summed E-state index contributed by atoms with van der Waals surface area (Å²) in [6, 6.07) is 0.328. The molecule has 3 fully saturated rings. The SMILES string of the molecule is CC[C@H]1C=CCC[C@@]2(C[C@@H]3CC[C@@H]4[C@H](C(=O)OCCCCCCCCCCCCCCCC(=O)N(CCCN)C[C@@H](O)CCN)[C@]5(CCC[C@@H](C)O5)N=C(N2)N34)O1.Cl.Cl.Cl. The molecule has 3 saturated heterocycles. The van der Waals surface area contributed by atoms with Gasteiger partial charge in [0.15, 0.2) is 11.7 Å². The second-order valence-electron chi connectivity index (χ2n) is 17.9. The van der Waals surface area contributed by atoms with Gasteiger partial charge in [-0.2, -0.15) is 0 Å². The minimum atomic E-state index is -0.886. The normalized spacial score (nSPS) is 28.3. The fourth-order valence-corrected chi connectivity index (χ4v) is 10.2. The van der Waals surface area contributed by atoms with Crippen molar-refractivity contribution in [3.63, 3.8) is 0 Å². The van der Waals surface area contributed by atoms with Crippen molar-refractivity contribution >= 4 is 55.1 Å². The van der Waals surface area contributed by atoms with Crippen molar-refractivity contribution in [3.8, 4) is 0 Å². The molecule has 0 aromatic carbocycles. The molecule has 0 radical (unpaired) electrons. The van der Waals surface area contributed by atoms with Crippen molar-refractivity contribution in [2.75, 3.05) is 32.8 Å². The molecular formula is C45H83Cl3N6O6. The molecule has 5 rings (SSSR count). The molecule has 60 heavy (non-hydrogen) atoms. The maximum atomic E-state index is 14.0. The quantitative estimate of drug-likeness (QED) is 0.0400. The van der Waals surface area contributed by atoms with E-state index >= 15 is 0 Å². The third-order valence-electron chi connectivity index (χ3n) is 13.2. The number of allylic oxidation sites excluding steroid dienone is 1. The van der Waals surface area contributed by atoms with Crippen LogP contribution in [-0.4, -0.2) is 107 Å². The summed E-state index contributed by atoms with van der Waals surface area (Å²) in [7, 11) is 0. The summed E-state index contributed by atoms with van der Waals surface area (Å²) in [6.07, 6.45) is 29.4. The first-order valence-corrected chi connectivity index (χ1v) is 23.4. The Balaban J connectivity index is 0.00000413. The summed E-state index contributed by atoms with van der Waals surface area (Å²) >= 11 is 0. The van der Waals surface area contributed by atoms with Crippen LogP contribution in [0.2, 0.25) is 0 Å². The van der Waals surface area contributed by atoms with Gasteiger partial charge in [0.05, 0.1) is 31.0 Å². The van der Waals surface area contributed by atoms with Crippen molar-refractivity contribution in [3.05, 3.63) is 12.2 Å². The van der Waals surface area contributed by atoms with Crippen LogP contribution in [0.4, 0.5) is 0 Å². The van der Waals surface area contributed by atoms with Crippen LogP contribution in [0.25, 0.3) is 0 Å². The van der Waals surface area contributed by atoms with Crippen molar-refractivity contribution in [2.45, 2.75) is 216 Å². The van der Waals surface area contributed by atoms with Crippen LogP contribution in [0.1, 0.15) is 174 Å². The second-order valence-corrected chi connectivity index (χ2v) is 17.9. The lowest BCUT2D eigenvalue weighted by Crippen LogP contribution is -2.71. The van der Waals surface area contributed by atoms with E-state index in [9.17, 15) is 14.7 Å². The number of guanidine groups is 1. The van der Waals surface area contributed by atoms with E-state index in [1.54, 1.807) is 4.90 Å². The van der Waals surface area contributed by atoms with E-state index < -0.39 is 23.5 Å². The Morgan fingerprint density at radius 2 is 1.60 bits per heavy atom. The first-order chi connectivity index (χ1) is 27.7. The number of aliphatic imine (C=N–C) groups is 1. The standard InChI is InChI=1S/C45H80N6O6.3ClH/c1-3-38-22-16-17-27-44(57-38)33-36-24-25-39-41(45(28-19-21-35(2)56-45)49-43(48-44)51(36)39)42(54)55-32-18-14-12-10-8-6-4-5-7-9-11-13-15-23-40(53)50(31-20-29-46)34-37(52)26-30-47;;;/h16,22,35-39,41,52H,3-15,17-21,23-34,46-47H2,1-2H3,(H,48,49);3*1H/t35-,36+,37+,38+,39-,41-,44+,45-;;;/m1.../s1. The highest BCUT2D eigenvalue weighted by atomic mass is 35.5. The smallest absolute Gasteiger partial charge is 0.316 e. The van der Waals surface area contributed by atoms with Gasteiger partial charge in [0.1, 0.15) is 11.6 Å². The van der Waals surface area contributed by atoms with Gasteiger partial charge >= 0.3 is 5.97 Å². The number of carbonyl (C=O) groups is 2. The van der Waals surface area contributed by atoms with E-state index in [0.29, 0.717) is 51.7 Å². The molecule has 15 heteroatoms. The van der Waals surface area contributed by atoms with E-state index in [-0.39, 0.29) is 67.3 Å². The van der Waals surface area contributed by atoms with E-state index in [0.717, 1.165) is 95.9 Å². The number of aliphatic hydroxyl groups excluding tert-OH is 1. The lowest BCUT2D eigenvalue weighted by molar-refractivity contribution is -0.194. The Morgan fingerprint density at radius 3 is 2.23 bits per heavy atom. The molecule has 0 aromatic heterocycles. The van der Waals surface area contributed by atoms with Crippen LogP contribution in [-0.2, 0) is 23.8 Å². The predicted molar refractivity (Wildman–Crippen MR) is 248 cm³/mol. The lowest BCUT2D eigenvalue weighted by Gasteiger charge is -2.55. The third-order valence-corrected chi connectivity index (χ3v) is 13.2. The highest BCUT2D eigenvalue weighted by molar-refractivity contribution is 5.87. The van der Waals surface area contributed by atoms with Gasteiger partial charge in [-0.05, 0) is 97.1 Å². The zero-order valence-electron chi connectivity index (χ0n) is 37.0. The molecule has 0 unspecified atom stereocenters. The fraction of sp³-hybridized carbons (Fsp3) is 0.889. The predicted octanol–water partition coefficient (Wildman–Crippen LogP) is 8.08. The highest BCUT2D eigenvalue weighted by Gasteiger charge is 2.62. The van der Waals surface area contributed by atoms with Gasteiger partial charge in [0.2, 0.25) is 5.91 Å². The van der Waals surface area contributed by atoms with E-state index in [4.69, 9.17) is 30.7 Å².